The van der Waals surface area contributed by atoms with Crippen molar-refractivity contribution in [1.82, 2.24) is 9.15 Å². The van der Waals surface area contributed by atoms with Crippen LogP contribution in [0, 0.1) is 0 Å². The van der Waals surface area contributed by atoms with Crippen molar-refractivity contribution >= 4 is 28.8 Å². The van der Waals surface area contributed by atoms with Gasteiger partial charge in [-0.05, 0) is 55.7 Å². The molecular formula is C43H30N2+2. The number of rotatable bonds is 6. The number of hydrogen-bond donors (Lipinski definition) is 0. The van der Waals surface area contributed by atoms with Crippen molar-refractivity contribution in [3.05, 3.63) is 182 Å². The van der Waals surface area contributed by atoms with Gasteiger partial charge in [-0.3, -0.25) is 0 Å². The smallest absolute Gasteiger partial charge is 0.0622 e. The van der Waals surface area contributed by atoms with Crippen LogP contribution in [0.3, 0.4) is 0 Å². The summed E-state index contributed by atoms with van der Waals surface area (Å²) in [5, 5.41) is 0. The highest BCUT2D eigenvalue weighted by Gasteiger charge is 2.41. The van der Waals surface area contributed by atoms with E-state index < -0.39 is 0 Å². The minimum atomic E-state index is 1.08. The summed E-state index contributed by atoms with van der Waals surface area (Å²) < 4.78 is 4.52. The van der Waals surface area contributed by atoms with E-state index in [9.17, 15) is 0 Å². The molecule has 7 aromatic rings. The van der Waals surface area contributed by atoms with Gasteiger partial charge in [0.05, 0.1) is 22.3 Å². The summed E-state index contributed by atoms with van der Waals surface area (Å²) in [4.78, 5) is 0. The van der Waals surface area contributed by atoms with Crippen LogP contribution in [-0.4, -0.2) is 6.01 Å². The standard InChI is InChI=1S/C43H30N2/c1-5-17-32(18-6-1)36-25-15-26-37(33-19-7-2-8-20-33)42(36)44-31-45(41-30-14-13-29-40(41)44)43-38(34-21-9-3-10-22-34)27-16-28-39(43)35-23-11-4-12-24-35/h1-30H/q+2. The van der Waals surface area contributed by atoms with Crippen molar-refractivity contribution in [2.75, 3.05) is 0 Å². The Bertz CT molecular complexity index is 1940. The molecular weight excluding hydrogens is 544 g/mol. The summed E-state index contributed by atoms with van der Waals surface area (Å²) >= 11 is 0. The summed E-state index contributed by atoms with van der Waals surface area (Å²) in [5.41, 5.74) is 13.6. The number of para-hydroxylation sites is 4. The maximum Gasteiger partial charge on any atom is 0.503 e. The molecule has 2 heteroatoms. The van der Waals surface area contributed by atoms with Crippen LogP contribution in [0.5, 0.6) is 0 Å². The van der Waals surface area contributed by atoms with E-state index in [2.05, 4.69) is 197 Å². The summed E-state index contributed by atoms with van der Waals surface area (Å²) in [6, 6.07) is 68.3. The Balaban J connectivity index is 1.49. The Kier molecular flexibility index (Phi) is 6.81. The zero-order chi connectivity index (χ0) is 30.0. The second kappa shape index (κ2) is 11.5. The van der Waals surface area contributed by atoms with E-state index in [1.54, 1.807) is 0 Å². The lowest BCUT2D eigenvalue weighted by Gasteiger charge is -2.10. The molecule has 1 heterocycles. The zero-order valence-corrected chi connectivity index (χ0v) is 24.7. The van der Waals surface area contributed by atoms with Crippen molar-refractivity contribution in [2.24, 2.45) is 0 Å². The predicted molar refractivity (Wildman–Crippen MR) is 189 cm³/mol. The van der Waals surface area contributed by atoms with Crippen molar-refractivity contribution < 1.29 is 0 Å². The first kappa shape index (κ1) is 26.5. The molecule has 2 nitrogen and oxygen atoms in total. The summed E-state index contributed by atoms with van der Waals surface area (Å²) in [6.45, 7) is 0. The van der Waals surface area contributed by atoms with Crippen LogP contribution >= 0.6 is 0 Å². The van der Waals surface area contributed by atoms with Gasteiger partial charge in [0, 0.05) is 12.1 Å². The van der Waals surface area contributed by atoms with E-state index >= 15 is 0 Å². The number of fused-ring (bicyclic) bond motifs is 1. The normalized spacial score (nSPS) is 11.9. The van der Waals surface area contributed by atoms with Crippen LogP contribution in [-0.2, 0) is 0 Å². The van der Waals surface area contributed by atoms with Crippen LogP contribution in [0.25, 0.3) is 44.5 Å². The lowest BCUT2D eigenvalue weighted by molar-refractivity contribution is 1.12. The molecule has 210 valence electrons. The van der Waals surface area contributed by atoms with E-state index in [4.69, 9.17) is 0 Å². The molecule has 0 aromatic heterocycles. The van der Waals surface area contributed by atoms with Gasteiger partial charge in [-0.1, -0.05) is 146 Å². The third-order valence-electron chi connectivity index (χ3n) is 8.42. The summed E-state index contributed by atoms with van der Waals surface area (Å²) in [7, 11) is 0. The van der Waals surface area contributed by atoms with Gasteiger partial charge in [0.1, 0.15) is 0 Å². The van der Waals surface area contributed by atoms with Crippen molar-refractivity contribution in [3.63, 3.8) is 0 Å². The predicted octanol–water partition coefficient (Wildman–Crippen LogP) is 11.2. The maximum absolute atomic E-state index is 3.90. The highest BCUT2D eigenvalue weighted by Crippen LogP contribution is 2.47. The quantitative estimate of drug-likeness (QED) is 0.174. The van der Waals surface area contributed by atoms with Gasteiger partial charge < -0.3 is 0 Å². The second-order valence-corrected chi connectivity index (χ2v) is 11.1. The van der Waals surface area contributed by atoms with Gasteiger partial charge in [0.2, 0.25) is 11.4 Å². The molecule has 0 amide bonds. The molecule has 0 saturated carbocycles. The lowest BCUT2D eigenvalue weighted by atomic mass is 9.95. The van der Waals surface area contributed by atoms with E-state index in [1.807, 2.05) is 0 Å². The molecule has 0 bridgehead atoms. The van der Waals surface area contributed by atoms with Crippen LogP contribution in [0.1, 0.15) is 0 Å². The highest BCUT2D eigenvalue weighted by molar-refractivity contribution is 5.99. The molecule has 0 saturated heterocycles. The van der Waals surface area contributed by atoms with Gasteiger partial charge in [-0.25, -0.2) is 0 Å². The molecule has 1 aliphatic heterocycles. The first-order chi connectivity index (χ1) is 22.4. The summed E-state index contributed by atoms with van der Waals surface area (Å²) in [5.74, 6) is 0. The fourth-order valence-corrected chi connectivity index (χ4v) is 6.36. The van der Waals surface area contributed by atoms with E-state index in [0.717, 1.165) is 67.3 Å². The van der Waals surface area contributed by atoms with Gasteiger partial charge in [-0.15, -0.1) is 0 Å². The van der Waals surface area contributed by atoms with Gasteiger partial charge in [-0.2, -0.15) is 0 Å². The molecule has 0 aliphatic carbocycles. The first-order valence-corrected chi connectivity index (χ1v) is 15.3. The number of nitrogens with zero attached hydrogens (tertiary/aromatic N) is 2. The number of hydrogen-bond acceptors (Lipinski definition) is 0. The average Bonchev–Trinajstić information content (AvgIpc) is 3.51. The fraction of sp³-hybridized carbons (Fsp3) is 0. The van der Waals surface area contributed by atoms with E-state index in [-0.39, 0.29) is 0 Å². The Morgan fingerprint density at radius 2 is 0.533 bits per heavy atom. The van der Waals surface area contributed by atoms with Crippen LogP contribution in [0.15, 0.2) is 182 Å². The van der Waals surface area contributed by atoms with Crippen molar-refractivity contribution in [3.8, 4) is 44.5 Å². The minimum Gasteiger partial charge on any atom is -0.0622 e. The molecule has 0 spiro atoms. The van der Waals surface area contributed by atoms with Crippen LogP contribution < -0.4 is 9.15 Å². The van der Waals surface area contributed by atoms with Gasteiger partial charge in [0.15, 0.2) is 0 Å². The highest BCUT2D eigenvalue weighted by atomic mass is 15.2. The third kappa shape index (κ3) is 4.80. The molecule has 0 atom stereocenters. The molecule has 0 N–H and O–H groups in total. The SMILES string of the molecule is C1=[N+](c2c(-c3ccccc3)cccc2-c2ccccc2)c2ccccc2[N+]=1c1c(-c2ccccc2)cccc1-c1ccccc1. The van der Waals surface area contributed by atoms with E-state index in [1.165, 1.54) is 0 Å². The van der Waals surface area contributed by atoms with Crippen LogP contribution in [0.2, 0.25) is 0 Å². The lowest BCUT2D eigenvalue weighted by Crippen LogP contribution is -2.05. The topological polar surface area (TPSA) is 6.02 Å². The molecule has 45 heavy (non-hydrogen) atoms. The molecule has 0 radical (unpaired) electrons. The van der Waals surface area contributed by atoms with Crippen molar-refractivity contribution in [2.45, 2.75) is 0 Å². The molecule has 0 fully saturated rings. The van der Waals surface area contributed by atoms with E-state index in [0.29, 0.717) is 0 Å². The third-order valence-corrected chi connectivity index (χ3v) is 8.42. The minimum absolute atomic E-state index is 1.08. The Morgan fingerprint density at radius 1 is 0.267 bits per heavy atom. The van der Waals surface area contributed by atoms with Crippen LogP contribution in [0.4, 0.5) is 22.7 Å². The Labute approximate surface area is 263 Å². The monoisotopic (exact) mass is 574 g/mol. The largest absolute Gasteiger partial charge is 0.503 e. The Hall–Kier alpha value is -6.08. The first-order valence-electron chi connectivity index (χ1n) is 15.3. The molecule has 8 rings (SSSR count). The fourth-order valence-electron chi connectivity index (χ4n) is 6.36. The Morgan fingerprint density at radius 3 is 0.822 bits per heavy atom. The molecule has 7 aromatic carbocycles. The van der Waals surface area contributed by atoms with Gasteiger partial charge >= 0.3 is 6.01 Å². The second-order valence-electron chi connectivity index (χ2n) is 11.1. The van der Waals surface area contributed by atoms with Crippen molar-refractivity contribution in [1.29, 1.82) is 0 Å². The maximum atomic E-state index is 3.90. The number of benzene rings is 7. The molecule has 0 unspecified atom stereocenters. The zero-order valence-electron chi connectivity index (χ0n) is 24.7. The molecule has 1 aliphatic rings. The van der Waals surface area contributed by atoms with Gasteiger partial charge in [0.25, 0.3) is 11.4 Å². The average molecular weight is 575 g/mol. The summed E-state index contributed by atoms with van der Waals surface area (Å²) in [6.07, 6.45) is 0.